The van der Waals surface area contributed by atoms with Crippen molar-refractivity contribution in [2.75, 3.05) is 19.0 Å². The summed E-state index contributed by atoms with van der Waals surface area (Å²) in [6.45, 7) is 7.28. The second kappa shape index (κ2) is 6.29. The number of halogens is 1. The van der Waals surface area contributed by atoms with Crippen molar-refractivity contribution in [3.63, 3.8) is 0 Å². The molecular weight excluding hydrogens is 306 g/mol. The van der Waals surface area contributed by atoms with E-state index < -0.39 is 0 Å². The third-order valence-electron chi connectivity index (χ3n) is 4.41. The zero-order valence-electron chi connectivity index (χ0n) is 14.0. The molecule has 23 heavy (non-hydrogen) atoms. The number of methoxy groups -OCH3 is 1. The lowest BCUT2D eigenvalue weighted by atomic mass is 9.96. The number of nitrogens with one attached hydrogen (secondary N) is 1. The zero-order chi connectivity index (χ0) is 16.6. The van der Waals surface area contributed by atoms with E-state index in [4.69, 9.17) is 16.3 Å². The third kappa shape index (κ3) is 2.96. The molecule has 2 aromatic rings. The average molecular weight is 328 g/mol. The summed E-state index contributed by atoms with van der Waals surface area (Å²) in [7, 11) is 1.72. The van der Waals surface area contributed by atoms with Crippen molar-refractivity contribution in [3.8, 4) is 5.75 Å². The van der Waals surface area contributed by atoms with Crippen LogP contribution in [0, 0.1) is 6.92 Å². The van der Waals surface area contributed by atoms with Gasteiger partial charge in [-0.15, -0.1) is 0 Å². The van der Waals surface area contributed by atoms with E-state index in [0.717, 1.165) is 28.6 Å². The largest absolute Gasteiger partial charge is 0.496 e. The molecule has 0 bridgehead atoms. The standard InChI is InChI=1S/C20H22ClNO/c1-12(2)16-10-14(5-8-19(16)23-4)9-15-11-22-18-7-6-17(21)13(3)20(15)18/h5-10,12,22H,11H2,1-4H3. The first kappa shape index (κ1) is 15.9. The predicted molar refractivity (Wildman–Crippen MR) is 99.6 cm³/mol. The lowest BCUT2D eigenvalue weighted by molar-refractivity contribution is 0.407. The first-order chi connectivity index (χ1) is 11.0. The molecule has 0 radical (unpaired) electrons. The summed E-state index contributed by atoms with van der Waals surface area (Å²) in [5.74, 6) is 1.37. The van der Waals surface area contributed by atoms with Gasteiger partial charge in [-0.1, -0.05) is 31.5 Å². The molecule has 0 aliphatic carbocycles. The zero-order valence-corrected chi connectivity index (χ0v) is 14.8. The highest BCUT2D eigenvalue weighted by Crippen LogP contribution is 2.38. The van der Waals surface area contributed by atoms with Crippen molar-refractivity contribution >= 4 is 28.9 Å². The molecule has 0 amide bonds. The smallest absolute Gasteiger partial charge is 0.122 e. The van der Waals surface area contributed by atoms with Crippen molar-refractivity contribution in [1.82, 2.24) is 0 Å². The Kier molecular flexibility index (Phi) is 4.36. The van der Waals surface area contributed by atoms with Crippen molar-refractivity contribution in [3.05, 3.63) is 57.6 Å². The first-order valence-corrected chi connectivity index (χ1v) is 8.31. The summed E-state index contributed by atoms with van der Waals surface area (Å²) in [6.07, 6.45) is 2.24. The number of fused-ring (bicyclic) bond motifs is 1. The molecule has 1 N–H and O–H groups in total. The summed E-state index contributed by atoms with van der Waals surface area (Å²) in [5.41, 5.74) is 7.24. The fourth-order valence-corrected chi connectivity index (χ4v) is 3.30. The van der Waals surface area contributed by atoms with Gasteiger partial charge in [0.15, 0.2) is 0 Å². The minimum absolute atomic E-state index is 0.425. The van der Waals surface area contributed by atoms with Crippen LogP contribution in [-0.4, -0.2) is 13.7 Å². The van der Waals surface area contributed by atoms with Crippen LogP contribution in [0.15, 0.2) is 30.3 Å². The van der Waals surface area contributed by atoms with Crippen LogP contribution in [0.25, 0.3) is 11.6 Å². The molecule has 120 valence electrons. The van der Waals surface area contributed by atoms with Crippen molar-refractivity contribution in [2.45, 2.75) is 26.7 Å². The van der Waals surface area contributed by atoms with Gasteiger partial charge in [0.25, 0.3) is 0 Å². The highest BCUT2D eigenvalue weighted by atomic mass is 35.5. The molecule has 1 aliphatic rings. The number of anilines is 1. The van der Waals surface area contributed by atoms with E-state index >= 15 is 0 Å². The average Bonchev–Trinajstić information content (AvgIpc) is 2.94. The molecule has 0 unspecified atom stereocenters. The molecule has 3 heteroatoms. The number of rotatable bonds is 3. The molecule has 1 heterocycles. The maximum absolute atomic E-state index is 6.30. The van der Waals surface area contributed by atoms with E-state index in [-0.39, 0.29) is 0 Å². The minimum Gasteiger partial charge on any atom is -0.496 e. The fourth-order valence-electron chi connectivity index (χ4n) is 3.14. The Bertz CT molecular complexity index is 777. The van der Waals surface area contributed by atoms with E-state index in [9.17, 15) is 0 Å². The van der Waals surface area contributed by atoms with Crippen LogP contribution < -0.4 is 10.1 Å². The van der Waals surface area contributed by atoms with Gasteiger partial charge >= 0.3 is 0 Å². The molecule has 0 fully saturated rings. The van der Waals surface area contributed by atoms with E-state index in [1.807, 2.05) is 6.07 Å². The van der Waals surface area contributed by atoms with Gasteiger partial charge in [-0.3, -0.25) is 0 Å². The van der Waals surface area contributed by atoms with E-state index in [0.29, 0.717) is 5.92 Å². The Hall–Kier alpha value is -1.93. The van der Waals surface area contributed by atoms with Gasteiger partial charge in [0.2, 0.25) is 0 Å². The molecule has 0 saturated heterocycles. The van der Waals surface area contributed by atoms with Crippen LogP contribution in [-0.2, 0) is 0 Å². The molecular formula is C20H22ClNO. The maximum Gasteiger partial charge on any atom is 0.122 e. The third-order valence-corrected chi connectivity index (χ3v) is 4.82. The van der Waals surface area contributed by atoms with Crippen molar-refractivity contribution in [2.24, 2.45) is 0 Å². The highest BCUT2D eigenvalue weighted by molar-refractivity contribution is 6.31. The second-order valence-electron chi connectivity index (χ2n) is 6.27. The molecule has 0 saturated carbocycles. The Balaban J connectivity index is 2.05. The Morgan fingerprint density at radius 3 is 2.70 bits per heavy atom. The van der Waals surface area contributed by atoms with Crippen LogP contribution in [0.3, 0.4) is 0 Å². The number of hydrogen-bond donors (Lipinski definition) is 1. The fraction of sp³-hybridized carbons (Fsp3) is 0.300. The lowest BCUT2D eigenvalue weighted by Gasteiger charge is -2.13. The Morgan fingerprint density at radius 2 is 2.00 bits per heavy atom. The van der Waals surface area contributed by atoms with Crippen LogP contribution in [0.1, 0.15) is 42.0 Å². The topological polar surface area (TPSA) is 21.3 Å². The van der Waals surface area contributed by atoms with Gasteiger partial charge < -0.3 is 10.1 Å². The SMILES string of the molecule is COc1ccc(C=C2CNc3ccc(Cl)c(C)c32)cc1C(C)C. The number of hydrogen-bond acceptors (Lipinski definition) is 2. The predicted octanol–water partition coefficient (Wildman–Crippen LogP) is 5.75. The minimum atomic E-state index is 0.425. The number of benzene rings is 2. The molecule has 3 rings (SSSR count). The van der Waals surface area contributed by atoms with Crippen LogP contribution in [0.5, 0.6) is 5.75 Å². The van der Waals surface area contributed by atoms with Crippen molar-refractivity contribution in [1.29, 1.82) is 0 Å². The first-order valence-electron chi connectivity index (χ1n) is 7.93. The van der Waals surface area contributed by atoms with Crippen LogP contribution in [0.2, 0.25) is 5.02 Å². The monoisotopic (exact) mass is 327 g/mol. The summed E-state index contributed by atoms with van der Waals surface area (Å²) in [4.78, 5) is 0. The summed E-state index contributed by atoms with van der Waals surface area (Å²) in [5, 5.41) is 4.26. The number of ether oxygens (including phenoxy) is 1. The second-order valence-corrected chi connectivity index (χ2v) is 6.68. The van der Waals surface area contributed by atoms with E-state index in [2.05, 4.69) is 56.4 Å². The van der Waals surface area contributed by atoms with Gasteiger partial charge in [0.1, 0.15) is 5.75 Å². The molecule has 2 aromatic carbocycles. The lowest BCUT2D eigenvalue weighted by Crippen LogP contribution is -1.95. The van der Waals surface area contributed by atoms with Crippen LogP contribution >= 0.6 is 11.6 Å². The van der Waals surface area contributed by atoms with Gasteiger partial charge in [-0.2, -0.15) is 0 Å². The molecule has 0 spiro atoms. The molecule has 0 atom stereocenters. The van der Waals surface area contributed by atoms with Gasteiger partial charge in [0.05, 0.1) is 7.11 Å². The van der Waals surface area contributed by atoms with E-state index in [1.165, 1.54) is 22.3 Å². The molecule has 1 aliphatic heterocycles. The van der Waals surface area contributed by atoms with Crippen molar-refractivity contribution < 1.29 is 4.74 Å². The Morgan fingerprint density at radius 1 is 1.22 bits per heavy atom. The van der Waals surface area contributed by atoms with E-state index in [1.54, 1.807) is 7.11 Å². The Labute approximate surface area is 143 Å². The quantitative estimate of drug-likeness (QED) is 0.775. The van der Waals surface area contributed by atoms with Crippen LogP contribution in [0.4, 0.5) is 5.69 Å². The summed E-state index contributed by atoms with van der Waals surface area (Å²) in [6, 6.07) is 10.4. The normalized spacial score (nSPS) is 15.0. The van der Waals surface area contributed by atoms with Gasteiger partial charge in [-0.05, 0) is 65.4 Å². The molecule has 2 nitrogen and oxygen atoms in total. The summed E-state index contributed by atoms with van der Waals surface area (Å²) >= 11 is 6.30. The maximum atomic E-state index is 6.30. The highest BCUT2D eigenvalue weighted by Gasteiger charge is 2.19. The van der Waals surface area contributed by atoms with Gasteiger partial charge in [-0.25, -0.2) is 0 Å². The molecule has 0 aromatic heterocycles. The summed E-state index contributed by atoms with van der Waals surface area (Å²) < 4.78 is 5.47. The van der Waals surface area contributed by atoms with Gasteiger partial charge in [0, 0.05) is 22.8 Å².